The van der Waals surface area contributed by atoms with Gasteiger partial charge in [-0.1, -0.05) is 12.1 Å². The van der Waals surface area contributed by atoms with Crippen molar-refractivity contribution in [2.24, 2.45) is 0 Å². The molecule has 0 unspecified atom stereocenters. The number of aromatic hydroxyl groups is 1. The van der Waals surface area contributed by atoms with Gasteiger partial charge in [0.15, 0.2) is 0 Å². The van der Waals surface area contributed by atoms with Crippen LogP contribution in [0.5, 0.6) is 11.5 Å². The molecule has 0 heterocycles. The first kappa shape index (κ1) is 13.9. The van der Waals surface area contributed by atoms with Crippen molar-refractivity contribution in [3.63, 3.8) is 0 Å². The molecule has 1 N–H and O–H groups in total. The highest BCUT2D eigenvalue weighted by molar-refractivity contribution is 5.89. The van der Waals surface area contributed by atoms with Gasteiger partial charge in [0.05, 0.1) is 12.2 Å². The lowest BCUT2D eigenvalue weighted by atomic mass is 10.2. The zero-order valence-corrected chi connectivity index (χ0v) is 11.2. The van der Waals surface area contributed by atoms with Crippen LogP contribution in [-0.4, -0.2) is 17.7 Å². The van der Waals surface area contributed by atoms with Crippen molar-refractivity contribution in [1.82, 2.24) is 0 Å². The van der Waals surface area contributed by atoms with Crippen LogP contribution in [-0.2, 0) is 11.3 Å². The highest BCUT2D eigenvalue weighted by atomic mass is 16.5. The van der Waals surface area contributed by atoms with Crippen LogP contribution < -0.4 is 4.74 Å². The molecule has 0 amide bonds. The first-order chi connectivity index (χ1) is 9.69. The summed E-state index contributed by atoms with van der Waals surface area (Å²) in [6.07, 6.45) is 0. The summed E-state index contributed by atoms with van der Waals surface area (Å²) in [7, 11) is 0. The Morgan fingerprint density at radius 3 is 2.30 bits per heavy atom. The molecule has 0 aliphatic rings. The van der Waals surface area contributed by atoms with Crippen LogP contribution in [0.3, 0.4) is 0 Å². The van der Waals surface area contributed by atoms with Gasteiger partial charge in [-0.05, 0) is 48.9 Å². The fourth-order valence-corrected chi connectivity index (χ4v) is 1.66. The Morgan fingerprint density at radius 2 is 1.70 bits per heavy atom. The fraction of sp³-hybridized carbons (Fsp3) is 0.188. The third kappa shape index (κ3) is 3.75. The monoisotopic (exact) mass is 272 g/mol. The van der Waals surface area contributed by atoms with E-state index in [0.717, 1.165) is 5.56 Å². The fourth-order valence-electron chi connectivity index (χ4n) is 1.66. The predicted octanol–water partition coefficient (Wildman–Crippen LogP) is 3.15. The average molecular weight is 272 g/mol. The van der Waals surface area contributed by atoms with Gasteiger partial charge in [0.2, 0.25) is 0 Å². The van der Waals surface area contributed by atoms with Crippen LogP contribution in [0.1, 0.15) is 22.8 Å². The molecule has 2 rings (SSSR count). The maximum Gasteiger partial charge on any atom is 0.338 e. The quantitative estimate of drug-likeness (QED) is 0.849. The van der Waals surface area contributed by atoms with Gasteiger partial charge < -0.3 is 14.6 Å². The molecule has 0 aromatic heterocycles. The van der Waals surface area contributed by atoms with Gasteiger partial charge in [0.1, 0.15) is 18.1 Å². The van der Waals surface area contributed by atoms with Gasteiger partial charge in [-0.25, -0.2) is 4.79 Å². The Hall–Kier alpha value is -2.49. The highest BCUT2D eigenvalue weighted by Crippen LogP contribution is 2.16. The molecule has 0 atom stereocenters. The van der Waals surface area contributed by atoms with E-state index in [1.807, 2.05) is 0 Å². The third-order valence-electron chi connectivity index (χ3n) is 2.71. The summed E-state index contributed by atoms with van der Waals surface area (Å²) in [5.41, 5.74) is 1.46. The number of hydrogen-bond acceptors (Lipinski definition) is 4. The minimum atomic E-state index is -0.336. The second-order valence-electron chi connectivity index (χ2n) is 4.20. The van der Waals surface area contributed by atoms with Gasteiger partial charge in [-0.15, -0.1) is 0 Å². The van der Waals surface area contributed by atoms with Crippen LogP contribution in [0.2, 0.25) is 0 Å². The summed E-state index contributed by atoms with van der Waals surface area (Å²) in [6, 6.07) is 13.6. The standard InChI is InChI=1S/C16H16O4/c1-2-19-16(18)13-5-9-15(10-6-13)20-11-12-3-7-14(17)8-4-12/h3-10,17H,2,11H2,1H3. The number of hydrogen-bond donors (Lipinski definition) is 1. The number of phenols is 1. The summed E-state index contributed by atoms with van der Waals surface area (Å²) in [5.74, 6) is 0.566. The van der Waals surface area contributed by atoms with Crippen molar-refractivity contribution in [1.29, 1.82) is 0 Å². The van der Waals surface area contributed by atoms with Gasteiger partial charge >= 0.3 is 5.97 Å². The number of carbonyl (C=O) groups is 1. The Morgan fingerprint density at radius 1 is 1.05 bits per heavy atom. The zero-order valence-electron chi connectivity index (χ0n) is 11.2. The molecule has 4 nitrogen and oxygen atoms in total. The zero-order chi connectivity index (χ0) is 14.4. The second kappa shape index (κ2) is 6.61. The molecule has 0 saturated heterocycles. The molecule has 0 saturated carbocycles. The van der Waals surface area contributed by atoms with Crippen LogP contribution in [0, 0.1) is 0 Å². The molecule has 0 radical (unpaired) electrons. The predicted molar refractivity (Wildman–Crippen MR) is 74.8 cm³/mol. The minimum Gasteiger partial charge on any atom is -0.508 e. The lowest BCUT2D eigenvalue weighted by Crippen LogP contribution is -2.04. The van der Waals surface area contributed by atoms with Crippen molar-refractivity contribution >= 4 is 5.97 Å². The van der Waals surface area contributed by atoms with Crippen LogP contribution in [0.25, 0.3) is 0 Å². The molecular weight excluding hydrogens is 256 g/mol. The summed E-state index contributed by atoms with van der Waals surface area (Å²) >= 11 is 0. The van der Waals surface area contributed by atoms with E-state index in [1.54, 1.807) is 55.5 Å². The third-order valence-corrected chi connectivity index (χ3v) is 2.71. The molecule has 4 heteroatoms. The van der Waals surface area contributed by atoms with E-state index >= 15 is 0 Å². The van der Waals surface area contributed by atoms with E-state index in [1.165, 1.54) is 0 Å². The van der Waals surface area contributed by atoms with E-state index < -0.39 is 0 Å². The van der Waals surface area contributed by atoms with Crippen molar-refractivity contribution in [2.75, 3.05) is 6.61 Å². The highest BCUT2D eigenvalue weighted by Gasteiger charge is 2.05. The summed E-state index contributed by atoms with van der Waals surface area (Å²) < 4.78 is 10.5. The molecule has 0 fully saturated rings. The van der Waals surface area contributed by atoms with E-state index in [4.69, 9.17) is 9.47 Å². The van der Waals surface area contributed by atoms with Crippen molar-refractivity contribution in [3.8, 4) is 11.5 Å². The molecular formula is C16H16O4. The lowest BCUT2D eigenvalue weighted by molar-refractivity contribution is 0.0526. The Labute approximate surface area is 117 Å². The lowest BCUT2D eigenvalue weighted by Gasteiger charge is -2.07. The average Bonchev–Trinajstić information content (AvgIpc) is 2.47. The van der Waals surface area contributed by atoms with E-state index in [9.17, 15) is 9.90 Å². The second-order valence-corrected chi connectivity index (χ2v) is 4.20. The van der Waals surface area contributed by atoms with Gasteiger partial charge in [0, 0.05) is 0 Å². The van der Waals surface area contributed by atoms with Gasteiger partial charge in [-0.3, -0.25) is 0 Å². The van der Waals surface area contributed by atoms with E-state index in [2.05, 4.69) is 0 Å². The summed E-state index contributed by atoms with van der Waals surface area (Å²) in [6.45, 7) is 2.53. The maximum atomic E-state index is 11.5. The molecule has 0 bridgehead atoms. The first-order valence-electron chi connectivity index (χ1n) is 6.37. The Kier molecular flexibility index (Phi) is 4.60. The van der Waals surface area contributed by atoms with Crippen LogP contribution >= 0.6 is 0 Å². The van der Waals surface area contributed by atoms with Crippen molar-refractivity contribution < 1.29 is 19.4 Å². The van der Waals surface area contributed by atoms with Crippen LogP contribution in [0.4, 0.5) is 0 Å². The topological polar surface area (TPSA) is 55.8 Å². The van der Waals surface area contributed by atoms with Crippen LogP contribution in [0.15, 0.2) is 48.5 Å². The summed E-state index contributed by atoms with van der Waals surface area (Å²) in [4.78, 5) is 11.5. The van der Waals surface area contributed by atoms with Gasteiger partial charge in [0.25, 0.3) is 0 Å². The van der Waals surface area contributed by atoms with Crippen molar-refractivity contribution in [3.05, 3.63) is 59.7 Å². The van der Waals surface area contributed by atoms with E-state index in [-0.39, 0.29) is 11.7 Å². The minimum absolute atomic E-state index is 0.229. The molecule has 104 valence electrons. The summed E-state index contributed by atoms with van der Waals surface area (Å²) in [5, 5.41) is 9.18. The number of rotatable bonds is 5. The SMILES string of the molecule is CCOC(=O)c1ccc(OCc2ccc(O)cc2)cc1. The molecule has 2 aromatic rings. The molecule has 20 heavy (non-hydrogen) atoms. The largest absolute Gasteiger partial charge is 0.508 e. The normalized spacial score (nSPS) is 10.1. The Bertz CT molecular complexity index is 558. The van der Waals surface area contributed by atoms with Crippen molar-refractivity contribution in [2.45, 2.75) is 13.5 Å². The number of carbonyl (C=O) groups excluding carboxylic acids is 1. The van der Waals surface area contributed by atoms with E-state index in [0.29, 0.717) is 24.5 Å². The number of ether oxygens (including phenoxy) is 2. The molecule has 2 aromatic carbocycles. The molecule has 0 aliphatic heterocycles. The Balaban J connectivity index is 1.93. The maximum absolute atomic E-state index is 11.5. The molecule has 0 spiro atoms. The smallest absolute Gasteiger partial charge is 0.338 e. The number of esters is 1. The first-order valence-corrected chi connectivity index (χ1v) is 6.37. The number of phenolic OH excluding ortho intramolecular Hbond substituents is 1. The van der Waals surface area contributed by atoms with Gasteiger partial charge in [-0.2, -0.15) is 0 Å². The molecule has 0 aliphatic carbocycles. The number of benzene rings is 2.